The predicted molar refractivity (Wildman–Crippen MR) is 103 cm³/mol. The van der Waals surface area contributed by atoms with E-state index in [2.05, 4.69) is 17.5 Å². The van der Waals surface area contributed by atoms with Crippen LogP contribution in [0.25, 0.3) is 0 Å². The number of rotatable bonds is 4. The van der Waals surface area contributed by atoms with Crippen molar-refractivity contribution in [2.24, 2.45) is 11.0 Å². The lowest BCUT2D eigenvalue weighted by Crippen LogP contribution is -2.18. The van der Waals surface area contributed by atoms with E-state index in [9.17, 15) is 14.9 Å². The molecule has 0 aliphatic heterocycles. The number of hydrogen-bond donors (Lipinski definition) is 1. The van der Waals surface area contributed by atoms with E-state index in [1.54, 1.807) is 26.0 Å². The highest BCUT2D eigenvalue weighted by Crippen LogP contribution is 2.32. The monoisotopic (exact) mass is 371 g/mol. The Morgan fingerprint density at radius 3 is 2.88 bits per heavy atom. The first-order valence-electron chi connectivity index (χ1n) is 8.56. The lowest BCUT2D eigenvalue weighted by Gasteiger charge is -2.16. The largest absolute Gasteiger partial charge is 0.281 e. The van der Waals surface area contributed by atoms with Gasteiger partial charge < -0.3 is 0 Å². The van der Waals surface area contributed by atoms with E-state index < -0.39 is 4.92 Å². The Morgan fingerprint density at radius 2 is 2.15 bits per heavy atom. The smallest absolute Gasteiger partial charge is 0.266 e. The van der Waals surface area contributed by atoms with E-state index in [1.807, 2.05) is 6.07 Å². The molecule has 1 aliphatic rings. The molecule has 1 atom stereocenters. The number of hydrogen-bond acceptors (Lipinski definition) is 5. The molecule has 136 valence electrons. The molecular formula is C19H21N3O3S. The maximum absolute atomic E-state index is 12.4. The van der Waals surface area contributed by atoms with Crippen molar-refractivity contribution in [3.05, 3.63) is 60.8 Å². The van der Waals surface area contributed by atoms with Crippen molar-refractivity contribution in [1.82, 2.24) is 5.43 Å². The Kier molecular flexibility index (Phi) is 5.18. The molecule has 1 amide bonds. The lowest BCUT2D eigenvalue weighted by molar-refractivity contribution is -0.385. The Hall–Kier alpha value is -2.54. The number of thiophene rings is 1. The van der Waals surface area contributed by atoms with Crippen molar-refractivity contribution in [3.8, 4) is 0 Å². The van der Waals surface area contributed by atoms with Crippen LogP contribution in [-0.2, 0) is 12.8 Å². The van der Waals surface area contributed by atoms with E-state index in [-0.39, 0.29) is 11.6 Å². The number of benzene rings is 1. The van der Waals surface area contributed by atoms with Crippen molar-refractivity contribution < 1.29 is 9.72 Å². The molecule has 0 saturated carbocycles. The van der Waals surface area contributed by atoms with E-state index in [1.165, 1.54) is 27.8 Å². The number of carbonyl (C=O) groups is 1. The fourth-order valence-electron chi connectivity index (χ4n) is 3.10. The summed E-state index contributed by atoms with van der Waals surface area (Å²) in [7, 11) is 0. The molecule has 1 N–H and O–H groups in total. The van der Waals surface area contributed by atoms with Crippen LogP contribution in [0.15, 0.2) is 29.4 Å². The maximum Gasteiger partial charge on any atom is 0.281 e. The predicted octanol–water partition coefficient (Wildman–Crippen LogP) is 4.24. The standard InChI is InChI=1S/C19H21N3O3S/c1-11-4-7-17-15(8-11)10-18(26-17)19(23)21-20-13(3)14-6-5-12(2)16(9-14)22(24)25/h5-6,9-11H,4,7-8H2,1-3H3,(H,21,23)/b20-13+. The van der Waals surface area contributed by atoms with Gasteiger partial charge in [-0.1, -0.05) is 19.1 Å². The van der Waals surface area contributed by atoms with Gasteiger partial charge in [0.1, 0.15) is 0 Å². The van der Waals surface area contributed by atoms with Gasteiger partial charge >= 0.3 is 0 Å². The Balaban J connectivity index is 1.74. The molecule has 3 rings (SSSR count). The van der Waals surface area contributed by atoms with E-state index in [0.717, 1.165) is 19.3 Å². The average molecular weight is 371 g/mol. The van der Waals surface area contributed by atoms with Gasteiger partial charge in [-0.2, -0.15) is 5.10 Å². The summed E-state index contributed by atoms with van der Waals surface area (Å²) in [6, 6.07) is 6.89. The van der Waals surface area contributed by atoms with Gasteiger partial charge in [-0.3, -0.25) is 14.9 Å². The molecule has 1 heterocycles. The minimum absolute atomic E-state index is 0.0448. The molecule has 0 radical (unpaired) electrons. The Labute approximate surface area is 156 Å². The van der Waals surface area contributed by atoms with Crippen LogP contribution in [0.2, 0.25) is 0 Å². The maximum atomic E-state index is 12.4. The van der Waals surface area contributed by atoms with Gasteiger partial charge in [0.25, 0.3) is 11.6 Å². The quantitative estimate of drug-likeness (QED) is 0.495. The molecule has 6 nitrogen and oxygen atoms in total. The zero-order valence-corrected chi connectivity index (χ0v) is 15.9. The van der Waals surface area contributed by atoms with Crippen molar-refractivity contribution >= 4 is 28.6 Å². The minimum Gasteiger partial charge on any atom is -0.266 e. The summed E-state index contributed by atoms with van der Waals surface area (Å²) in [4.78, 5) is 25.0. The van der Waals surface area contributed by atoms with Gasteiger partial charge in [0, 0.05) is 22.1 Å². The molecule has 1 aliphatic carbocycles. The van der Waals surface area contributed by atoms with Gasteiger partial charge in [-0.15, -0.1) is 11.3 Å². The molecule has 1 unspecified atom stereocenters. The topological polar surface area (TPSA) is 84.6 Å². The van der Waals surface area contributed by atoms with E-state index in [4.69, 9.17) is 0 Å². The zero-order valence-electron chi connectivity index (χ0n) is 15.0. The normalized spacial score (nSPS) is 16.9. The highest BCUT2D eigenvalue weighted by atomic mass is 32.1. The second kappa shape index (κ2) is 7.37. The van der Waals surface area contributed by atoms with Gasteiger partial charge in [0.2, 0.25) is 0 Å². The second-order valence-corrected chi connectivity index (χ2v) is 7.94. The number of hydrazone groups is 1. The molecular weight excluding hydrogens is 350 g/mol. The third-order valence-electron chi connectivity index (χ3n) is 4.70. The molecule has 0 fully saturated rings. The van der Waals surface area contributed by atoms with Crippen LogP contribution in [0, 0.1) is 23.0 Å². The summed E-state index contributed by atoms with van der Waals surface area (Å²) in [6.07, 6.45) is 3.22. The zero-order chi connectivity index (χ0) is 18.8. The number of nitro groups is 1. The Morgan fingerprint density at radius 1 is 1.38 bits per heavy atom. The number of nitrogens with zero attached hydrogens (tertiary/aromatic N) is 2. The molecule has 0 spiro atoms. The molecule has 2 aromatic rings. The summed E-state index contributed by atoms with van der Waals surface area (Å²) in [5, 5.41) is 15.2. The number of nitro benzene ring substituents is 1. The number of fused-ring (bicyclic) bond motifs is 1. The van der Waals surface area contributed by atoms with Gasteiger partial charge in [-0.25, -0.2) is 5.43 Å². The van der Waals surface area contributed by atoms with Gasteiger partial charge in [-0.05, 0) is 50.7 Å². The van der Waals surface area contributed by atoms with Crippen LogP contribution in [0.3, 0.4) is 0 Å². The molecule has 0 bridgehead atoms. The van der Waals surface area contributed by atoms with Crippen molar-refractivity contribution in [2.75, 3.05) is 0 Å². The number of carbonyl (C=O) groups excluding carboxylic acids is 1. The lowest BCUT2D eigenvalue weighted by atomic mass is 9.90. The van der Waals surface area contributed by atoms with Gasteiger partial charge in [0.05, 0.1) is 15.5 Å². The summed E-state index contributed by atoms with van der Waals surface area (Å²) in [6.45, 7) is 5.64. The van der Waals surface area contributed by atoms with Crippen LogP contribution in [0.1, 0.15) is 51.5 Å². The summed E-state index contributed by atoms with van der Waals surface area (Å²) < 4.78 is 0. The Bertz CT molecular complexity index is 901. The van der Waals surface area contributed by atoms with Gasteiger partial charge in [0.15, 0.2) is 0 Å². The van der Waals surface area contributed by atoms with E-state index >= 15 is 0 Å². The highest BCUT2D eigenvalue weighted by Gasteiger charge is 2.20. The first-order chi connectivity index (χ1) is 12.3. The fraction of sp³-hybridized carbons (Fsp3) is 0.368. The molecule has 1 aromatic carbocycles. The highest BCUT2D eigenvalue weighted by molar-refractivity contribution is 7.14. The van der Waals surface area contributed by atoms with Crippen LogP contribution < -0.4 is 5.43 Å². The SMILES string of the molecule is C/C(=N\NC(=O)c1cc2c(s1)CCC(C)C2)c1ccc(C)c([N+](=O)[O-])c1. The third-order valence-corrected chi connectivity index (χ3v) is 5.94. The minimum atomic E-state index is -0.415. The first kappa shape index (κ1) is 18.3. The summed E-state index contributed by atoms with van der Waals surface area (Å²) in [5.74, 6) is 0.420. The number of nitrogens with one attached hydrogen (secondary N) is 1. The molecule has 0 saturated heterocycles. The van der Waals surface area contributed by atoms with Crippen molar-refractivity contribution in [3.63, 3.8) is 0 Å². The molecule has 7 heteroatoms. The van der Waals surface area contributed by atoms with Crippen LogP contribution in [-0.4, -0.2) is 16.5 Å². The van der Waals surface area contributed by atoms with Crippen molar-refractivity contribution in [1.29, 1.82) is 0 Å². The molecule has 1 aromatic heterocycles. The van der Waals surface area contributed by atoms with E-state index in [0.29, 0.717) is 27.6 Å². The fourth-order valence-corrected chi connectivity index (χ4v) is 4.20. The number of amides is 1. The van der Waals surface area contributed by atoms with Crippen LogP contribution in [0.5, 0.6) is 0 Å². The number of aryl methyl sites for hydroxylation is 2. The van der Waals surface area contributed by atoms with Crippen molar-refractivity contribution in [2.45, 2.75) is 40.0 Å². The molecule has 26 heavy (non-hydrogen) atoms. The second-order valence-electron chi connectivity index (χ2n) is 6.80. The summed E-state index contributed by atoms with van der Waals surface area (Å²) in [5.41, 5.74) is 5.62. The first-order valence-corrected chi connectivity index (χ1v) is 9.38. The third kappa shape index (κ3) is 3.83. The average Bonchev–Trinajstić information content (AvgIpc) is 3.02. The summed E-state index contributed by atoms with van der Waals surface area (Å²) >= 11 is 1.53. The van der Waals surface area contributed by atoms with Crippen LogP contribution >= 0.6 is 11.3 Å². The van der Waals surface area contributed by atoms with Crippen LogP contribution in [0.4, 0.5) is 5.69 Å².